The quantitative estimate of drug-likeness (QED) is 0.0750. The fourth-order valence-electron chi connectivity index (χ4n) is 5.47. The maximum absolute atomic E-state index is 2.33. The molecule has 0 amide bonds. The standard InChI is InChI=1S/C35H49P.BrH/c1-2-3-4-5-6-7-8-9-10-11-12-13-14-24-31-36-35(32-25-18-15-19-26-32,33-27-20-16-21-28-33)34-29-22-17-23-30-34;/h15-23,25-30,36H,2-14,24,31H2,1H3;1H. The normalized spacial score (nSPS) is 11.6. The van der Waals surface area contributed by atoms with Crippen LogP contribution in [0.15, 0.2) is 91.0 Å². The van der Waals surface area contributed by atoms with Gasteiger partial charge in [-0.05, 0) is 29.3 Å². The Morgan fingerprint density at radius 2 is 0.730 bits per heavy atom. The van der Waals surface area contributed by atoms with Crippen LogP contribution in [0.1, 0.15) is 114 Å². The van der Waals surface area contributed by atoms with E-state index in [1.165, 1.54) is 113 Å². The third-order valence-corrected chi connectivity index (χ3v) is 9.54. The number of halogens is 1. The van der Waals surface area contributed by atoms with Gasteiger partial charge in [0.05, 0.1) is 5.16 Å². The lowest BCUT2D eigenvalue weighted by Crippen LogP contribution is -2.24. The van der Waals surface area contributed by atoms with Crippen LogP contribution >= 0.6 is 25.6 Å². The molecule has 3 aromatic carbocycles. The van der Waals surface area contributed by atoms with E-state index in [-0.39, 0.29) is 22.1 Å². The van der Waals surface area contributed by atoms with Gasteiger partial charge in [-0.15, -0.1) is 25.6 Å². The van der Waals surface area contributed by atoms with Crippen LogP contribution in [0.2, 0.25) is 0 Å². The van der Waals surface area contributed by atoms with Gasteiger partial charge in [0.1, 0.15) is 0 Å². The van der Waals surface area contributed by atoms with Crippen molar-refractivity contribution in [2.45, 2.75) is 102 Å². The molecule has 1 unspecified atom stereocenters. The molecule has 0 saturated carbocycles. The van der Waals surface area contributed by atoms with Gasteiger partial charge in [-0.1, -0.05) is 181 Å². The van der Waals surface area contributed by atoms with E-state index < -0.39 is 0 Å². The highest BCUT2D eigenvalue weighted by Gasteiger charge is 2.35. The van der Waals surface area contributed by atoms with E-state index in [0.29, 0.717) is 0 Å². The van der Waals surface area contributed by atoms with Crippen molar-refractivity contribution in [2.24, 2.45) is 0 Å². The molecule has 3 rings (SSSR count). The maximum atomic E-state index is 2.33. The zero-order valence-corrected chi connectivity index (χ0v) is 25.9. The minimum atomic E-state index is -0.0552. The predicted molar refractivity (Wildman–Crippen MR) is 173 cm³/mol. The molecule has 0 aliphatic rings. The second kappa shape index (κ2) is 19.6. The van der Waals surface area contributed by atoms with Crippen LogP contribution < -0.4 is 0 Å². The lowest BCUT2D eigenvalue weighted by molar-refractivity contribution is 0.538. The predicted octanol–water partition coefficient (Wildman–Crippen LogP) is 11.7. The zero-order valence-electron chi connectivity index (χ0n) is 23.2. The van der Waals surface area contributed by atoms with Crippen LogP contribution in [0.3, 0.4) is 0 Å². The van der Waals surface area contributed by atoms with Crippen LogP contribution in [0.4, 0.5) is 0 Å². The summed E-state index contributed by atoms with van der Waals surface area (Å²) in [7, 11) is 0.837. The molecule has 0 nitrogen and oxygen atoms in total. The van der Waals surface area contributed by atoms with Crippen molar-refractivity contribution in [1.29, 1.82) is 0 Å². The summed E-state index contributed by atoms with van der Waals surface area (Å²) in [5.74, 6) is 0. The Kier molecular flexibility index (Phi) is 16.8. The lowest BCUT2D eigenvalue weighted by atomic mass is 9.84. The molecule has 0 saturated heterocycles. The molecule has 202 valence electrons. The van der Waals surface area contributed by atoms with Crippen LogP contribution in [0, 0.1) is 0 Å². The van der Waals surface area contributed by atoms with E-state index in [9.17, 15) is 0 Å². The monoisotopic (exact) mass is 580 g/mol. The molecule has 3 aromatic rings. The molecular formula is C35H50BrP. The average molecular weight is 582 g/mol. The second-order valence-electron chi connectivity index (χ2n) is 10.4. The first-order valence-corrected chi connectivity index (χ1v) is 16.0. The van der Waals surface area contributed by atoms with Crippen molar-refractivity contribution >= 4 is 25.6 Å². The summed E-state index contributed by atoms with van der Waals surface area (Å²) in [6.07, 6.45) is 21.2. The van der Waals surface area contributed by atoms with Crippen LogP contribution in [0.5, 0.6) is 0 Å². The summed E-state index contributed by atoms with van der Waals surface area (Å²) in [4.78, 5) is 0. The number of hydrogen-bond donors (Lipinski definition) is 0. The zero-order chi connectivity index (χ0) is 25.2. The maximum Gasteiger partial charge on any atom is 0.0619 e. The molecule has 0 spiro atoms. The Morgan fingerprint density at radius 3 is 1.05 bits per heavy atom. The summed E-state index contributed by atoms with van der Waals surface area (Å²) < 4.78 is 0. The molecule has 0 bridgehead atoms. The Bertz CT molecular complexity index is 813. The number of hydrogen-bond acceptors (Lipinski definition) is 0. The van der Waals surface area contributed by atoms with Gasteiger partial charge < -0.3 is 0 Å². The van der Waals surface area contributed by atoms with Crippen molar-refractivity contribution in [2.75, 3.05) is 6.16 Å². The second-order valence-corrected chi connectivity index (χ2v) is 12.0. The van der Waals surface area contributed by atoms with Gasteiger partial charge in [0.2, 0.25) is 0 Å². The highest BCUT2D eigenvalue weighted by Crippen LogP contribution is 2.52. The molecule has 37 heavy (non-hydrogen) atoms. The van der Waals surface area contributed by atoms with Gasteiger partial charge in [0.25, 0.3) is 0 Å². The first-order valence-electron chi connectivity index (χ1n) is 14.8. The highest BCUT2D eigenvalue weighted by atomic mass is 79.9. The molecule has 1 atom stereocenters. The van der Waals surface area contributed by atoms with E-state index in [1.54, 1.807) is 0 Å². The van der Waals surface area contributed by atoms with Gasteiger partial charge in [-0.25, -0.2) is 0 Å². The summed E-state index contributed by atoms with van der Waals surface area (Å²) in [6, 6.07) is 33.6. The van der Waals surface area contributed by atoms with Crippen LogP contribution in [-0.2, 0) is 5.16 Å². The smallest absolute Gasteiger partial charge is 0.0619 e. The van der Waals surface area contributed by atoms with E-state index in [2.05, 4.69) is 97.9 Å². The largest absolute Gasteiger partial charge is 0.114 e. The molecule has 0 aliphatic heterocycles. The third-order valence-electron chi connectivity index (χ3n) is 7.54. The van der Waals surface area contributed by atoms with Gasteiger partial charge >= 0.3 is 0 Å². The van der Waals surface area contributed by atoms with Crippen molar-refractivity contribution < 1.29 is 0 Å². The number of rotatable bonds is 19. The topological polar surface area (TPSA) is 0 Å². The summed E-state index contributed by atoms with van der Waals surface area (Å²) in [6.45, 7) is 2.30. The third kappa shape index (κ3) is 10.7. The number of unbranched alkanes of at least 4 members (excludes halogenated alkanes) is 13. The van der Waals surface area contributed by atoms with E-state index in [1.807, 2.05) is 0 Å². The van der Waals surface area contributed by atoms with Gasteiger partial charge in [-0.3, -0.25) is 0 Å². The minimum Gasteiger partial charge on any atom is -0.114 e. The fourth-order valence-corrected chi connectivity index (χ4v) is 7.38. The molecular weight excluding hydrogens is 531 g/mol. The van der Waals surface area contributed by atoms with Crippen LogP contribution in [0.25, 0.3) is 0 Å². The minimum absolute atomic E-state index is 0. The summed E-state index contributed by atoms with van der Waals surface area (Å²) >= 11 is 0. The Morgan fingerprint density at radius 1 is 0.432 bits per heavy atom. The Labute approximate surface area is 240 Å². The molecule has 0 heterocycles. The summed E-state index contributed by atoms with van der Waals surface area (Å²) in [5, 5.41) is -0.0552. The fraction of sp³-hybridized carbons (Fsp3) is 0.486. The molecule has 0 N–H and O–H groups in total. The molecule has 0 fully saturated rings. The van der Waals surface area contributed by atoms with Crippen molar-refractivity contribution in [3.63, 3.8) is 0 Å². The first-order chi connectivity index (χ1) is 17.9. The molecule has 2 heteroatoms. The first kappa shape index (κ1) is 31.8. The van der Waals surface area contributed by atoms with E-state index >= 15 is 0 Å². The Hall–Kier alpha value is -1.43. The van der Waals surface area contributed by atoms with Gasteiger partial charge in [0.15, 0.2) is 0 Å². The van der Waals surface area contributed by atoms with Crippen molar-refractivity contribution in [1.82, 2.24) is 0 Å². The highest BCUT2D eigenvalue weighted by molar-refractivity contribution is 8.93. The molecule has 0 aliphatic carbocycles. The summed E-state index contributed by atoms with van der Waals surface area (Å²) in [5.41, 5.74) is 4.27. The van der Waals surface area contributed by atoms with Gasteiger partial charge in [-0.2, -0.15) is 0 Å². The SMILES string of the molecule is Br.CCCCCCCCCCCCCCCCPC(c1ccccc1)(c1ccccc1)c1ccccc1. The van der Waals surface area contributed by atoms with Gasteiger partial charge in [0, 0.05) is 0 Å². The number of benzene rings is 3. The Balaban J connectivity index is 0.00000481. The van der Waals surface area contributed by atoms with E-state index in [0.717, 1.165) is 8.58 Å². The lowest BCUT2D eigenvalue weighted by Gasteiger charge is -2.36. The molecule has 0 radical (unpaired) electrons. The van der Waals surface area contributed by atoms with Crippen molar-refractivity contribution in [3.8, 4) is 0 Å². The molecule has 0 aromatic heterocycles. The average Bonchev–Trinajstić information content (AvgIpc) is 2.94. The van der Waals surface area contributed by atoms with Crippen molar-refractivity contribution in [3.05, 3.63) is 108 Å². The van der Waals surface area contributed by atoms with Crippen LogP contribution in [-0.4, -0.2) is 6.16 Å². The van der Waals surface area contributed by atoms with E-state index in [4.69, 9.17) is 0 Å².